The minimum absolute atomic E-state index is 0.189. The second kappa shape index (κ2) is 15.5. The van der Waals surface area contributed by atoms with E-state index in [9.17, 15) is 4.79 Å². The highest BCUT2D eigenvalue weighted by Crippen LogP contribution is 2.38. The third kappa shape index (κ3) is 10.4. The van der Waals surface area contributed by atoms with Crippen LogP contribution in [0.5, 0.6) is 0 Å². The number of esters is 1. The molecule has 0 unspecified atom stereocenters. The maximum Gasteiger partial charge on any atom is 0.338 e. The highest BCUT2D eigenvalue weighted by atomic mass is 127. The number of carbonyl (C=O) groups is 1. The van der Waals surface area contributed by atoms with Gasteiger partial charge in [-0.05, 0) is 37.6 Å². The van der Waals surface area contributed by atoms with E-state index in [1.165, 1.54) is 6.42 Å². The number of anilines is 1. The molecule has 0 bridgehead atoms. The van der Waals surface area contributed by atoms with Gasteiger partial charge in [0.15, 0.2) is 11.6 Å². The van der Waals surface area contributed by atoms with Gasteiger partial charge in [0.1, 0.15) is -0.565 Å². The SMILES string of the molecule is C1CC2(CCN1)OCCO2.CCC(I)(I)I.CCOC(=O)c1ccc(N2CCC3(CC2)OCCO3)cc1. The van der Waals surface area contributed by atoms with Crippen LogP contribution in [0.4, 0.5) is 5.69 Å². The Bertz CT molecular complexity index is 807. The first kappa shape index (κ1) is 32.0. The molecule has 210 valence electrons. The molecule has 0 amide bonds. The Labute approximate surface area is 262 Å². The molecule has 37 heavy (non-hydrogen) atoms. The van der Waals surface area contributed by atoms with E-state index in [4.69, 9.17) is 23.7 Å². The van der Waals surface area contributed by atoms with Gasteiger partial charge in [0.05, 0.1) is 38.6 Å². The average molecular weight is 856 g/mol. The summed E-state index contributed by atoms with van der Waals surface area (Å²) < 4.78 is 27.9. The van der Waals surface area contributed by atoms with Crippen LogP contribution in [0.1, 0.15) is 56.3 Å². The molecule has 0 atom stereocenters. The second-order valence-corrected chi connectivity index (χ2v) is 20.9. The van der Waals surface area contributed by atoms with Crippen LogP contribution in [0.2, 0.25) is 0 Å². The lowest BCUT2D eigenvalue weighted by Gasteiger charge is -2.38. The minimum Gasteiger partial charge on any atom is -0.462 e. The van der Waals surface area contributed by atoms with Gasteiger partial charge in [0.25, 0.3) is 0 Å². The number of benzene rings is 1. The van der Waals surface area contributed by atoms with Crippen LogP contribution in [-0.2, 0) is 23.7 Å². The molecule has 4 saturated heterocycles. The molecule has 1 N–H and O–H groups in total. The number of hydrogen-bond donors (Lipinski definition) is 1. The van der Waals surface area contributed by atoms with E-state index in [2.05, 4.69) is 84.9 Å². The summed E-state index contributed by atoms with van der Waals surface area (Å²) in [5.41, 5.74) is 1.72. The van der Waals surface area contributed by atoms with E-state index in [0.29, 0.717) is 24.8 Å². The van der Waals surface area contributed by atoms with Gasteiger partial charge in [-0.1, -0.05) is 74.7 Å². The fourth-order valence-electron chi connectivity index (χ4n) is 4.51. The lowest BCUT2D eigenvalue weighted by atomic mass is 10.0. The Kier molecular flexibility index (Phi) is 13.4. The van der Waals surface area contributed by atoms with Gasteiger partial charge in [-0.3, -0.25) is 0 Å². The fourth-order valence-corrected chi connectivity index (χ4v) is 4.51. The summed E-state index contributed by atoms with van der Waals surface area (Å²) in [6, 6.07) is 7.59. The highest BCUT2D eigenvalue weighted by molar-refractivity contribution is 14.3. The molecule has 2 spiro atoms. The number of nitrogens with zero attached hydrogens (tertiary/aromatic N) is 1. The smallest absolute Gasteiger partial charge is 0.338 e. The van der Waals surface area contributed by atoms with Crippen LogP contribution < -0.4 is 10.2 Å². The van der Waals surface area contributed by atoms with E-state index < -0.39 is 0 Å². The Balaban J connectivity index is 0.000000196. The van der Waals surface area contributed by atoms with E-state index >= 15 is 0 Å². The predicted molar refractivity (Wildman–Crippen MR) is 170 cm³/mol. The first-order valence-corrected chi connectivity index (χ1v) is 16.3. The molecule has 0 saturated carbocycles. The molecule has 4 heterocycles. The van der Waals surface area contributed by atoms with Gasteiger partial charge >= 0.3 is 5.97 Å². The maximum atomic E-state index is 11.6. The van der Waals surface area contributed by atoms with Crippen LogP contribution in [0, 0.1) is 0 Å². The number of halogens is 3. The Morgan fingerprint density at radius 2 is 1.35 bits per heavy atom. The lowest BCUT2D eigenvalue weighted by Crippen LogP contribution is -2.45. The minimum atomic E-state index is -0.346. The van der Waals surface area contributed by atoms with Gasteiger partial charge in [-0.25, -0.2) is 4.79 Å². The van der Waals surface area contributed by atoms with Crippen molar-refractivity contribution in [1.29, 1.82) is 0 Å². The van der Waals surface area contributed by atoms with Crippen LogP contribution in [0.15, 0.2) is 24.3 Å². The molecule has 5 rings (SSSR count). The molecule has 11 heteroatoms. The summed E-state index contributed by atoms with van der Waals surface area (Å²) in [6.07, 6.45) is 5.01. The normalized spacial score (nSPS) is 22.1. The monoisotopic (exact) mass is 856 g/mol. The average Bonchev–Trinajstić information content (AvgIpc) is 3.55. The number of carbonyl (C=O) groups excluding carboxylic acids is 1. The zero-order chi connectivity index (χ0) is 26.8. The maximum absolute atomic E-state index is 11.6. The van der Waals surface area contributed by atoms with Crippen LogP contribution in [0.25, 0.3) is 0 Å². The lowest BCUT2D eigenvalue weighted by molar-refractivity contribution is -0.172. The molecule has 4 aliphatic rings. The number of hydrogen-bond acceptors (Lipinski definition) is 8. The van der Waals surface area contributed by atoms with Crippen molar-refractivity contribution < 1.29 is 28.5 Å². The molecule has 1 aromatic rings. The second-order valence-electron chi connectivity index (χ2n) is 9.19. The fraction of sp³-hybridized carbons (Fsp3) is 0.731. The van der Waals surface area contributed by atoms with E-state index in [-0.39, 0.29) is 17.5 Å². The summed E-state index contributed by atoms with van der Waals surface area (Å²) in [5.74, 6) is -0.804. The zero-order valence-corrected chi connectivity index (χ0v) is 28.2. The molecule has 1 aromatic carbocycles. The largest absolute Gasteiger partial charge is 0.462 e. The molecular formula is C26H39I3N2O6. The van der Waals surface area contributed by atoms with Crippen LogP contribution >= 0.6 is 67.8 Å². The first-order chi connectivity index (χ1) is 17.7. The molecule has 8 nitrogen and oxygen atoms in total. The third-order valence-corrected chi connectivity index (χ3v) is 8.95. The van der Waals surface area contributed by atoms with Crippen molar-refractivity contribution in [2.75, 3.05) is 64.1 Å². The molecule has 0 aliphatic carbocycles. The number of ether oxygens (including phenoxy) is 5. The van der Waals surface area contributed by atoms with Gasteiger partial charge in [-0.15, -0.1) is 0 Å². The van der Waals surface area contributed by atoms with Crippen LogP contribution in [-0.4, -0.2) is 76.2 Å². The summed E-state index contributed by atoms with van der Waals surface area (Å²) in [6.45, 7) is 11.2. The number of nitrogens with one attached hydrogen (secondary N) is 1. The first-order valence-electron chi connectivity index (χ1n) is 13.1. The Morgan fingerprint density at radius 1 is 0.892 bits per heavy atom. The van der Waals surface area contributed by atoms with Crippen molar-refractivity contribution in [1.82, 2.24) is 5.32 Å². The zero-order valence-electron chi connectivity index (χ0n) is 21.7. The summed E-state index contributed by atoms with van der Waals surface area (Å²) >= 11 is 7.24. The molecule has 0 radical (unpaired) electrons. The summed E-state index contributed by atoms with van der Waals surface area (Å²) in [7, 11) is 0. The molecule has 4 aliphatic heterocycles. The number of rotatable bonds is 4. The highest BCUT2D eigenvalue weighted by Gasteiger charge is 2.40. The Hall–Kier alpha value is 0.480. The van der Waals surface area contributed by atoms with Gasteiger partial charge < -0.3 is 33.9 Å². The van der Waals surface area contributed by atoms with E-state index in [1.54, 1.807) is 0 Å². The number of alkyl halides is 3. The predicted octanol–water partition coefficient (Wildman–Crippen LogP) is 5.67. The van der Waals surface area contributed by atoms with Gasteiger partial charge in [0.2, 0.25) is 0 Å². The number of piperidine rings is 2. The van der Waals surface area contributed by atoms with E-state index in [0.717, 1.165) is 70.8 Å². The molecule has 4 fully saturated rings. The summed E-state index contributed by atoms with van der Waals surface area (Å²) in [5, 5.41) is 3.28. The van der Waals surface area contributed by atoms with Crippen molar-refractivity contribution in [2.24, 2.45) is 0 Å². The quantitative estimate of drug-likeness (QED) is 0.236. The molecular weight excluding hydrogens is 817 g/mol. The van der Waals surface area contributed by atoms with Crippen molar-refractivity contribution in [3.05, 3.63) is 29.8 Å². The van der Waals surface area contributed by atoms with Crippen molar-refractivity contribution in [3.63, 3.8) is 0 Å². The van der Waals surface area contributed by atoms with Crippen molar-refractivity contribution in [2.45, 2.75) is 57.0 Å². The standard InChI is InChI=1S/C16H21NO4.C7H13NO2.C3H5I3/c1-2-19-15(18)13-3-5-14(6-4-13)17-9-7-16(8-10-17)20-11-12-21-16;1-3-8-4-2-7(1)9-5-6-10-7;1-2-3(4,5)6/h3-6H,2,7-12H2,1H3;8H,1-6H2;2H2,1H3. The van der Waals surface area contributed by atoms with Gasteiger partial charge in [0, 0.05) is 57.5 Å². The topological polar surface area (TPSA) is 78.5 Å². The van der Waals surface area contributed by atoms with Gasteiger partial charge in [-0.2, -0.15) is 0 Å². The van der Waals surface area contributed by atoms with Crippen molar-refractivity contribution in [3.8, 4) is 0 Å². The third-order valence-electron chi connectivity index (χ3n) is 6.66. The van der Waals surface area contributed by atoms with Crippen LogP contribution in [0.3, 0.4) is 0 Å². The summed E-state index contributed by atoms with van der Waals surface area (Å²) in [4.78, 5) is 13.9. The van der Waals surface area contributed by atoms with Crippen molar-refractivity contribution >= 4 is 79.4 Å². The molecule has 0 aromatic heterocycles. The van der Waals surface area contributed by atoms with E-state index in [1.807, 2.05) is 31.2 Å². The Morgan fingerprint density at radius 3 is 1.78 bits per heavy atom.